The van der Waals surface area contributed by atoms with Crippen molar-refractivity contribution in [1.29, 1.82) is 0 Å². The van der Waals surface area contributed by atoms with E-state index in [1.165, 1.54) is 32.1 Å². The molecule has 25 heavy (non-hydrogen) atoms. The molecule has 1 aromatic carbocycles. The number of aryl methyl sites for hydroxylation is 1. The molecule has 4 nitrogen and oxygen atoms in total. The molecular weight excluding hydrogens is 310 g/mol. The van der Waals surface area contributed by atoms with Gasteiger partial charge in [-0.05, 0) is 56.5 Å². The van der Waals surface area contributed by atoms with Crippen molar-refractivity contribution in [2.75, 3.05) is 16.8 Å². The highest BCUT2D eigenvalue weighted by Gasteiger charge is 2.19. The molecule has 1 heterocycles. The number of anilines is 2. The van der Waals surface area contributed by atoms with E-state index in [2.05, 4.69) is 10.3 Å². The third-order valence-corrected chi connectivity index (χ3v) is 4.83. The molecule has 1 saturated carbocycles. The molecule has 132 valence electrons. The number of carbonyl (C=O) groups excluding carboxylic acids is 1. The molecule has 0 radical (unpaired) electrons. The largest absolute Gasteiger partial charge is 0.382 e. The Bertz CT molecular complexity index is 723. The maximum atomic E-state index is 13.0. The van der Waals surface area contributed by atoms with Crippen LogP contribution in [0, 0.1) is 6.92 Å². The van der Waals surface area contributed by atoms with Gasteiger partial charge in [0.25, 0.3) is 5.91 Å². The van der Waals surface area contributed by atoms with Gasteiger partial charge in [0.15, 0.2) is 0 Å². The van der Waals surface area contributed by atoms with E-state index in [9.17, 15) is 4.79 Å². The summed E-state index contributed by atoms with van der Waals surface area (Å²) in [4.78, 5) is 19.1. The van der Waals surface area contributed by atoms with Crippen LogP contribution in [0.2, 0.25) is 0 Å². The molecule has 4 heteroatoms. The minimum absolute atomic E-state index is 0.0552. The van der Waals surface area contributed by atoms with E-state index in [0.717, 1.165) is 16.9 Å². The van der Waals surface area contributed by atoms with Crippen LogP contribution >= 0.6 is 0 Å². The van der Waals surface area contributed by atoms with Crippen molar-refractivity contribution < 1.29 is 4.79 Å². The summed E-state index contributed by atoms with van der Waals surface area (Å²) in [5.74, 6) is -0.0552. The van der Waals surface area contributed by atoms with Gasteiger partial charge >= 0.3 is 0 Å². The van der Waals surface area contributed by atoms with Crippen LogP contribution < -0.4 is 10.2 Å². The molecule has 0 bridgehead atoms. The highest BCUT2D eigenvalue weighted by Crippen LogP contribution is 2.23. The van der Waals surface area contributed by atoms with Crippen LogP contribution in [0.15, 0.2) is 42.6 Å². The van der Waals surface area contributed by atoms with Crippen molar-refractivity contribution in [3.63, 3.8) is 0 Å². The van der Waals surface area contributed by atoms with Gasteiger partial charge in [-0.3, -0.25) is 9.78 Å². The topological polar surface area (TPSA) is 45.2 Å². The van der Waals surface area contributed by atoms with Gasteiger partial charge in [-0.1, -0.05) is 31.4 Å². The van der Waals surface area contributed by atoms with Crippen molar-refractivity contribution in [3.05, 3.63) is 53.9 Å². The molecule has 0 atom stereocenters. The number of amides is 1. The van der Waals surface area contributed by atoms with E-state index >= 15 is 0 Å². The van der Waals surface area contributed by atoms with E-state index < -0.39 is 0 Å². The quantitative estimate of drug-likeness (QED) is 0.852. The third kappa shape index (κ3) is 4.38. The van der Waals surface area contributed by atoms with Crippen molar-refractivity contribution in [2.24, 2.45) is 0 Å². The number of pyridine rings is 1. The summed E-state index contributed by atoms with van der Waals surface area (Å²) < 4.78 is 0. The molecular formula is C21H27N3O. The second-order valence-corrected chi connectivity index (χ2v) is 6.80. The summed E-state index contributed by atoms with van der Waals surface area (Å²) in [6.07, 6.45) is 8.03. The third-order valence-electron chi connectivity index (χ3n) is 4.83. The minimum atomic E-state index is -0.0552. The number of aromatic nitrogens is 1. The summed E-state index contributed by atoms with van der Waals surface area (Å²) in [6.45, 7) is 4.64. The lowest BCUT2D eigenvalue weighted by molar-refractivity contribution is 0.0983. The molecule has 0 aliphatic heterocycles. The molecule has 3 rings (SSSR count). The number of nitrogens with zero attached hydrogens (tertiary/aromatic N) is 2. The van der Waals surface area contributed by atoms with Crippen LogP contribution in [0.3, 0.4) is 0 Å². The van der Waals surface area contributed by atoms with Crippen LogP contribution in [0.25, 0.3) is 0 Å². The van der Waals surface area contributed by atoms with Crippen LogP contribution in [0.4, 0.5) is 11.4 Å². The first-order valence-electron chi connectivity index (χ1n) is 9.28. The molecule has 1 aliphatic carbocycles. The minimum Gasteiger partial charge on any atom is -0.382 e. The Balaban J connectivity index is 1.77. The smallest absolute Gasteiger partial charge is 0.276 e. The Hall–Kier alpha value is -2.36. The van der Waals surface area contributed by atoms with Gasteiger partial charge < -0.3 is 10.2 Å². The molecule has 0 saturated heterocycles. The van der Waals surface area contributed by atoms with E-state index in [1.54, 1.807) is 11.1 Å². The van der Waals surface area contributed by atoms with Gasteiger partial charge in [-0.15, -0.1) is 0 Å². The Morgan fingerprint density at radius 3 is 2.72 bits per heavy atom. The monoisotopic (exact) mass is 337 g/mol. The lowest BCUT2D eigenvalue weighted by Gasteiger charge is -2.24. The van der Waals surface area contributed by atoms with Crippen molar-refractivity contribution in [1.82, 2.24) is 4.98 Å². The lowest BCUT2D eigenvalue weighted by atomic mass is 9.95. The zero-order valence-electron chi connectivity index (χ0n) is 15.2. The van der Waals surface area contributed by atoms with Crippen LogP contribution in [-0.2, 0) is 0 Å². The van der Waals surface area contributed by atoms with Crippen molar-refractivity contribution >= 4 is 17.3 Å². The number of rotatable bonds is 5. The maximum absolute atomic E-state index is 13.0. The van der Waals surface area contributed by atoms with Gasteiger partial charge in [0.1, 0.15) is 5.69 Å². The molecule has 1 aromatic heterocycles. The van der Waals surface area contributed by atoms with Crippen molar-refractivity contribution in [2.45, 2.75) is 52.0 Å². The van der Waals surface area contributed by atoms with Gasteiger partial charge in [0, 0.05) is 30.2 Å². The predicted octanol–water partition coefficient (Wildman–Crippen LogP) is 4.80. The van der Waals surface area contributed by atoms with E-state index in [1.807, 2.05) is 50.2 Å². The zero-order chi connectivity index (χ0) is 17.6. The molecule has 1 amide bonds. The van der Waals surface area contributed by atoms with E-state index in [4.69, 9.17) is 0 Å². The average Bonchev–Trinajstić information content (AvgIpc) is 2.63. The molecule has 0 spiro atoms. The van der Waals surface area contributed by atoms with E-state index in [-0.39, 0.29) is 5.91 Å². The molecule has 1 aliphatic rings. The fourth-order valence-electron chi connectivity index (χ4n) is 3.50. The van der Waals surface area contributed by atoms with Gasteiger partial charge in [-0.25, -0.2) is 0 Å². The van der Waals surface area contributed by atoms with Crippen molar-refractivity contribution in [3.8, 4) is 0 Å². The number of nitrogens with one attached hydrogen (secondary N) is 1. The number of benzene rings is 1. The summed E-state index contributed by atoms with van der Waals surface area (Å²) in [7, 11) is 0. The SMILES string of the molecule is CCN(C(=O)c1cc(NC2CCCCC2)ccn1)c1cccc(C)c1. The number of hydrogen-bond acceptors (Lipinski definition) is 3. The van der Waals surface area contributed by atoms with Crippen LogP contribution in [-0.4, -0.2) is 23.5 Å². The Labute approximate surface area is 150 Å². The van der Waals surface area contributed by atoms with Crippen LogP contribution in [0.5, 0.6) is 0 Å². The first kappa shape index (κ1) is 17.5. The zero-order valence-corrected chi connectivity index (χ0v) is 15.2. The summed E-state index contributed by atoms with van der Waals surface area (Å²) in [5.41, 5.74) is 3.54. The fourth-order valence-corrected chi connectivity index (χ4v) is 3.50. The van der Waals surface area contributed by atoms with Gasteiger partial charge in [0.2, 0.25) is 0 Å². The Morgan fingerprint density at radius 1 is 1.20 bits per heavy atom. The highest BCUT2D eigenvalue weighted by atomic mass is 16.2. The average molecular weight is 337 g/mol. The first-order valence-corrected chi connectivity index (χ1v) is 9.28. The van der Waals surface area contributed by atoms with E-state index in [0.29, 0.717) is 18.3 Å². The highest BCUT2D eigenvalue weighted by molar-refractivity contribution is 6.05. The maximum Gasteiger partial charge on any atom is 0.276 e. The summed E-state index contributed by atoms with van der Waals surface area (Å²) in [5, 5.41) is 3.57. The standard InChI is InChI=1S/C21H27N3O/c1-3-24(19-11-7-8-16(2)14-19)21(25)20-15-18(12-13-22-20)23-17-9-5-4-6-10-17/h7-8,11-15,17H,3-6,9-10H2,1-2H3,(H,22,23). The Morgan fingerprint density at radius 2 is 2.00 bits per heavy atom. The predicted molar refractivity (Wildman–Crippen MR) is 103 cm³/mol. The number of hydrogen-bond donors (Lipinski definition) is 1. The molecule has 1 fully saturated rings. The Kier molecular flexibility index (Phi) is 5.69. The molecule has 2 aromatic rings. The fraction of sp³-hybridized carbons (Fsp3) is 0.429. The lowest BCUT2D eigenvalue weighted by Crippen LogP contribution is -2.31. The molecule has 0 unspecified atom stereocenters. The van der Waals surface area contributed by atoms with Gasteiger partial charge in [-0.2, -0.15) is 0 Å². The second-order valence-electron chi connectivity index (χ2n) is 6.80. The normalized spacial score (nSPS) is 15.0. The first-order chi connectivity index (χ1) is 12.2. The number of carbonyl (C=O) groups is 1. The summed E-state index contributed by atoms with van der Waals surface area (Å²) in [6, 6.07) is 12.4. The van der Waals surface area contributed by atoms with Gasteiger partial charge in [0.05, 0.1) is 0 Å². The second kappa shape index (κ2) is 8.15. The van der Waals surface area contributed by atoms with Crippen LogP contribution in [0.1, 0.15) is 55.1 Å². The summed E-state index contributed by atoms with van der Waals surface area (Å²) >= 11 is 0. The molecule has 1 N–H and O–H groups in total.